The number of rotatable bonds is 10. The van der Waals surface area contributed by atoms with Crippen molar-refractivity contribution in [2.75, 3.05) is 18.5 Å². The molecule has 0 saturated heterocycles. The summed E-state index contributed by atoms with van der Waals surface area (Å²) in [4.78, 5) is 49.4. The highest BCUT2D eigenvalue weighted by Crippen LogP contribution is 2.44. The summed E-state index contributed by atoms with van der Waals surface area (Å²) in [5.74, 6) is -0.666. The van der Waals surface area contributed by atoms with Gasteiger partial charge in [0.1, 0.15) is 18.2 Å². The molecule has 0 saturated carbocycles. The molecule has 9 nitrogen and oxygen atoms in total. The number of carbonyl (C=O) groups excluding carboxylic acids is 3. The van der Waals surface area contributed by atoms with Crippen LogP contribution in [-0.4, -0.2) is 37.1 Å². The third kappa shape index (κ3) is 6.52. The highest BCUT2D eigenvalue weighted by Gasteiger charge is 2.30. The molecule has 0 radical (unpaired) electrons. The van der Waals surface area contributed by atoms with Crippen LogP contribution in [0.1, 0.15) is 48.8 Å². The van der Waals surface area contributed by atoms with Crippen molar-refractivity contribution in [1.82, 2.24) is 10.6 Å². The van der Waals surface area contributed by atoms with Crippen LogP contribution in [0.5, 0.6) is 0 Å². The van der Waals surface area contributed by atoms with Gasteiger partial charge in [-0.15, -0.1) is 0 Å². The Morgan fingerprint density at radius 3 is 2.31 bits per heavy atom. The number of unbranched alkanes of at least 4 members (excludes halogenated alkanes) is 1. The molecule has 3 aromatic carbocycles. The van der Waals surface area contributed by atoms with Crippen molar-refractivity contribution in [3.63, 3.8) is 0 Å². The zero-order valence-corrected chi connectivity index (χ0v) is 23.6. The van der Waals surface area contributed by atoms with Gasteiger partial charge in [-0.25, -0.2) is 9.59 Å². The zero-order chi connectivity index (χ0) is 29.6. The van der Waals surface area contributed by atoms with Gasteiger partial charge in [0.15, 0.2) is 0 Å². The zero-order valence-electron chi connectivity index (χ0n) is 23.6. The molecule has 5 rings (SSSR count). The summed E-state index contributed by atoms with van der Waals surface area (Å²) >= 11 is 0. The number of anilines is 1. The van der Waals surface area contributed by atoms with Crippen molar-refractivity contribution < 1.29 is 23.5 Å². The van der Waals surface area contributed by atoms with Gasteiger partial charge in [0, 0.05) is 42.6 Å². The fourth-order valence-corrected chi connectivity index (χ4v) is 5.42. The van der Waals surface area contributed by atoms with Gasteiger partial charge >= 0.3 is 11.7 Å². The highest BCUT2D eigenvalue weighted by molar-refractivity contribution is 5.98. The summed E-state index contributed by atoms with van der Waals surface area (Å²) in [5.41, 5.74) is 5.52. The maximum Gasteiger partial charge on any atom is 0.407 e. The minimum Gasteiger partial charge on any atom is -0.449 e. The molecule has 1 atom stereocenters. The maximum atomic E-state index is 13.3. The first-order valence-corrected chi connectivity index (χ1v) is 14.0. The lowest BCUT2D eigenvalue weighted by molar-refractivity contribution is -0.119. The Morgan fingerprint density at radius 2 is 1.62 bits per heavy atom. The molecular weight excluding hydrogens is 534 g/mol. The molecular formula is C33H33N3O6. The quantitative estimate of drug-likeness (QED) is 0.177. The Hall–Kier alpha value is -4.92. The lowest BCUT2D eigenvalue weighted by atomic mass is 9.98. The molecule has 1 aliphatic carbocycles. The van der Waals surface area contributed by atoms with Crippen molar-refractivity contribution in [2.45, 2.75) is 45.1 Å². The van der Waals surface area contributed by atoms with Gasteiger partial charge in [-0.2, -0.15) is 0 Å². The molecule has 3 amide bonds. The molecule has 0 bridgehead atoms. The van der Waals surface area contributed by atoms with Gasteiger partial charge in [0.05, 0.1) is 0 Å². The lowest BCUT2D eigenvalue weighted by Gasteiger charge is -2.20. The van der Waals surface area contributed by atoms with Crippen LogP contribution in [0.3, 0.4) is 0 Å². The average molecular weight is 568 g/mol. The van der Waals surface area contributed by atoms with Crippen LogP contribution < -0.4 is 21.6 Å². The highest BCUT2D eigenvalue weighted by atomic mass is 16.5. The fraction of sp³-hybridized carbons (Fsp3) is 0.273. The maximum absolute atomic E-state index is 13.3. The van der Waals surface area contributed by atoms with Gasteiger partial charge in [-0.1, -0.05) is 48.5 Å². The summed E-state index contributed by atoms with van der Waals surface area (Å²) in [5, 5.41) is 9.05. The van der Waals surface area contributed by atoms with E-state index in [1.807, 2.05) is 43.3 Å². The number of carbonyl (C=O) groups is 3. The summed E-state index contributed by atoms with van der Waals surface area (Å²) < 4.78 is 11.0. The smallest absolute Gasteiger partial charge is 0.407 e. The third-order valence-electron chi connectivity index (χ3n) is 7.46. The normalized spacial score (nSPS) is 12.7. The molecule has 1 aliphatic rings. The van der Waals surface area contributed by atoms with Crippen LogP contribution in [0.4, 0.5) is 10.5 Å². The second kappa shape index (κ2) is 12.7. The van der Waals surface area contributed by atoms with E-state index in [1.165, 1.54) is 13.0 Å². The van der Waals surface area contributed by atoms with Crippen LogP contribution in [-0.2, 0) is 14.3 Å². The Labute approximate surface area is 243 Å². The number of aryl methyl sites for hydroxylation is 1. The molecule has 216 valence electrons. The van der Waals surface area contributed by atoms with E-state index in [0.29, 0.717) is 37.1 Å². The lowest BCUT2D eigenvalue weighted by Crippen LogP contribution is -2.44. The topological polar surface area (TPSA) is 127 Å². The van der Waals surface area contributed by atoms with E-state index in [1.54, 1.807) is 18.2 Å². The van der Waals surface area contributed by atoms with Crippen LogP contribution in [0.2, 0.25) is 0 Å². The van der Waals surface area contributed by atoms with Crippen molar-refractivity contribution in [1.29, 1.82) is 0 Å². The summed E-state index contributed by atoms with van der Waals surface area (Å²) in [7, 11) is 0. The van der Waals surface area contributed by atoms with Gasteiger partial charge in [0.2, 0.25) is 11.8 Å². The van der Waals surface area contributed by atoms with Gasteiger partial charge in [0.25, 0.3) is 0 Å². The van der Waals surface area contributed by atoms with Gasteiger partial charge in [-0.3, -0.25) is 9.59 Å². The first-order chi connectivity index (χ1) is 20.3. The number of nitrogens with one attached hydrogen (secondary N) is 3. The predicted molar refractivity (Wildman–Crippen MR) is 160 cm³/mol. The number of ether oxygens (including phenoxy) is 1. The average Bonchev–Trinajstić information content (AvgIpc) is 3.28. The van der Waals surface area contributed by atoms with E-state index < -0.39 is 23.7 Å². The number of hydrogen-bond acceptors (Lipinski definition) is 6. The van der Waals surface area contributed by atoms with Gasteiger partial charge in [-0.05, 0) is 66.1 Å². The first kappa shape index (κ1) is 28.6. The van der Waals surface area contributed by atoms with Gasteiger partial charge < -0.3 is 25.1 Å². The van der Waals surface area contributed by atoms with Crippen LogP contribution in [0, 0.1) is 6.92 Å². The number of alkyl carbamates (subject to hydrolysis) is 1. The van der Waals surface area contributed by atoms with Crippen molar-refractivity contribution >= 4 is 34.6 Å². The number of hydrogen-bond donors (Lipinski definition) is 3. The molecule has 0 fully saturated rings. The molecule has 0 spiro atoms. The number of amides is 3. The van der Waals surface area contributed by atoms with Crippen molar-refractivity contribution in [3.8, 4) is 11.1 Å². The number of fused-ring (bicyclic) bond motifs is 4. The van der Waals surface area contributed by atoms with Crippen LogP contribution in [0.25, 0.3) is 22.1 Å². The molecule has 0 unspecified atom stereocenters. The van der Waals surface area contributed by atoms with E-state index in [2.05, 4.69) is 28.1 Å². The standard InChI is InChI=1S/C33H33N3O6/c1-20-17-31(38)42-30-18-22(14-15-23(20)30)35-32(39)29(13-7-8-16-34-21(2)37)36-33(40)41-19-28-26-11-5-3-9-24(26)25-10-4-6-12-27(25)28/h3-6,9-12,14-15,17-18,28-29H,7-8,13,16,19H2,1-2H3,(H,34,37)(H,35,39)(H,36,40)/t29-/m0/s1. The molecule has 1 heterocycles. The monoisotopic (exact) mass is 567 g/mol. The largest absolute Gasteiger partial charge is 0.449 e. The third-order valence-corrected chi connectivity index (χ3v) is 7.46. The molecule has 0 aliphatic heterocycles. The molecule has 9 heteroatoms. The minimum atomic E-state index is -0.891. The minimum absolute atomic E-state index is 0.108. The van der Waals surface area contributed by atoms with E-state index in [0.717, 1.165) is 33.2 Å². The summed E-state index contributed by atoms with van der Waals surface area (Å²) in [6, 6.07) is 21.7. The Kier molecular flexibility index (Phi) is 8.66. The second-order valence-corrected chi connectivity index (χ2v) is 10.4. The second-order valence-electron chi connectivity index (χ2n) is 10.4. The summed E-state index contributed by atoms with van der Waals surface area (Å²) in [6.45, 7) is 3.85. The first-order valence-electron chi connectivity index (χ1n) is 14.0. The molecule has 4 aromatic rings. The van der Waals surface area contributed by atoms with E-state index >= 15 is 0 Å². The van der Waals surface area contributed by atoms with E-state index in [-0.39, 0.29) is 18.4 Å². The van der Waals surface area contributed by atoms with Crippen LogP contribution >= 0.6 is 0 Å². The Bertz CT molecular complexity index is 1650. The predicted octanol–water partition coefficient (Wildman–Crippen LogP) is 5.25. The van der Waals surface area contributed by atoms with Crippen molar-refractivity contribution in [2.24, 2.45) is 0 Å². The molecule has 42 heavy (non-hydrogen) atoms. The SMILES string of the molecule is CC(=O)NCCCC[C@H](NC(=O)OCC1c2ccccc2-c2ccccc21)C(=O)Nc1ccc2c(C)cc(=O)oc2c1. The fourth-order valence-electron chi connectivity index (χ4n) is 5.42. The molecule has 3 N–H and O–H groups in total. The van der Waals surface area contributed by atoms with E-state index in [9.17, 15) is 19.2 Å². The summed E-state index contributed by atoms with van der Waals surface area (Å²) in [6.07, 6.45) is 0.848. The molecule has 1 aromatic heterocycles. The Morgan fingerprint density at radius 1 is 0.929 bits per heavy atom. The van der Waals surface area contributed by atoms with E-state index in [4.69, 9.17) is 9.15 Å². The Balaban J connectivity index is 1.26. The van der Waals surface area contributed by atoms with Crippen molar-refractivity contribution in [3.05, 3.63) is 99.9 Å². The van der Waals surface area contributed by atoms with Crippen LogP contribution in [0.15, 0.2) is 82.0 Å². The number of benzene rings is 3.